The van der Waals surface area contributed by atoms with E-state index in [1.165, 1.54) is 0 Å². The van der Waals surface area contributed by atoms with Crippen molar-refractivity contribution in [3.63, 3.8) is 0 Å². The van der Waals surface area contributed by atoms with Crippen molar-refractivity contribution in [2.75, 3.05) is 5.73 Å². The summed E-state index contributed by atoms with van der Waals surface area (Å²) >= 11 is 5.73. The van der Waals surface area contributed by atoms with E-state index < -0.39 is 5.91 Å². The summed E-state index contributed by atoms with van der Waals surface area (Å²) in [6, 6.07) is 0. The molecule has 1 amide bonds. The molecule has 0 radical (unpaired) electrons. The van der Waals surface area contributed by atoms with Gasteiger partial charge in [-0.3, -0.25) is 4.79 Å². The SMILES string of the molecule is Cc1nc(Cl)c(C(N)=O)c(C)c1N. The van der Waals surface area contributed by atoms with Gasteiger partial charge in [0.05, 0.1) is 16.9 Å². The van der Waals surface area contributed by atoms with Gasteiger partial charge in [0.15, 0.2) is 0 Å². The molecule has 0 spiro atoms. The fourth-order valence-electron chi connectivity index (χ4n) is 1.11. The van der Waals surface area contributed by atoms with E-state index in [0.29, 0.717) is 16.9 Å². The number of amides is 1. The summed E-state index contributed by atoms with van der Waals surface area (Å²) in [4.78, 5) is 14.8. The molecule has 0 aliphatic carbocycles. The first kappa shape index (κ1) is 9.80. The Morgan fingerprint density at radius 2 is 2.00 bits per heavy atom. The van der Waals surface area contributed by atoms with Crippen LogP contribution < -0.4 is 11.5 Å². The first-order valence-electron chi connectivity index (χ1n) is 3.67. The Bertz CT molecular complexity index is 376. The molecule has 4 N–H and O–H groups in total. The molecule has 5 heteroatoms. The lowest BCUT2D eigenvalue weighted by molar-refractivity contribution is 0.0999. The third kappa shape index (κ3) is 1.58. The quantitative estimate of drug-likeness (QED) is 0.663. The Balaban J connectivity index is 3.53. The average molecular weight is 200 g/mol. The standard InChI is InChI=1S/C8H10ClN3O/c1-3-5(8(11)13)7(9)12-4(2)6(3)10/h10H2,1-2H3,(H2,11,13). The van der Waals surface area contributed by atoms with E-state index >= 15 is 0 Å². The minimum atomic E-state index is -0.610. The lowest BCUT2D eigenvalue weighted by Gasteiger charge is -2.08. The molecule has 0 saturated carbocycles. The number of pyridine rings is 1. The lowest BCUT2D eigenvalue weighted by atomic mass is 10.1. The number of nitrogens with zero attached hydrogens (tertiary/aromatic N) is 1. The molecule has 0 fully saturated rings. The highest BCUT2D eigenvalue weighted by molar-refractivity contribution is 6.33. The number of carbonyl (C=O) groups excluding carboxylic acids is 1. The normalized spacial score (nSPS) is 10.1. The summed E-state index contributed by atoms with van der Waals surface area (Å²) in [5, 5.41) is 0.108. The number of hydrogen-bond donors (Lipinski definition) is 2. The van der Waals surface area contributed by atoms with Crippen molar-refractivity contribution in [1.82, 2.24) is 4.98 Å². The molecule has 1 aromatic rings. The highest BCUT2D eigenvalue weighted by Gasteiger charge is 2.15. The number of carbonyl (C=O) groups is 1. The fourth-order valence-corrected chi connectivity index (χ4v) is 1.47. The van der Waals surface area contributed by atoms with Crippen LogP contribution in [0.15, 0.2) is 0 Å². The number of hydrogen-bond acceptors (Lipinski definition) is 3. The van der Waals surface area contributed by atoms with Gasteiger partial charge in [0.1, 0.15) is 5.15 Å². The third-order valence-electron chi connectivity index (χ3n) is 1.89. The van der Waals surface area contributed by atoms with Gasteiger partial charge in [-0.25, -0.2) is 4.98 Å². The maximum atomic E-state index is 10.9. The van der Waals surface area contributed by atoms with Gasteiger partial charge in [-0.15, -0.1) is 0 Å². The Morgan fingerprint density at radius 1 is 1.46 bits per heavy atom. The average Bonchev–Trinajstić information content (AvgIpc) is 1.99. The Labute approximate surface area is 80.9 Å². The van der Waals surface area contributed by atoms with E-state index in [9.17, 15) is 4.79 Å². The Kier molecular flexibility index (Phi) is 2.43. The minimum Gasteiger partial charge on any atom is -0.397 e. The van der Waals surface area contributed by atoms with Gasteiger partial charge in [-0.1, -0.05) is 11.6 Å². The van der Waals surface area contributed by atoms with E-state index in [2.05, 4.69) is 4.98 Å². The van der Waals surface area contributed by atoms with Gasteiger partial charge in [-0.2, -0.15) is 0 Å². The lowest BCUT2D eigenvalue weighted by Crippen LogP contribution is -2.16. The van der Waals surface area contributed by atoms with Crippen LogP contribution in [-0.2, 0) is 0 Å². The van der Waals surface area contributed by atoms with Gasteiger partial charge in [0, 0.05) is 0 Å². The first-order valence-corrected chi connectivity index (χ1v) is 4.05. The summed E-state index contributed by atoms with van der Waals surface area (Å²) in [5.41, 5.74) is 12.6. The van der Waals surface area contributed by atoms with Crippen molar-refractivity contribution in [1.29, 1.82) is 0 Å². The molecule has 0 aliphatic rings. The highest BCUT2D eigenvalue weighted by Crippen LogP contribution is 2.24. The molecule has 0 bridgehead atoms. The third-order valence-corrected chi connectivity index (χ3v) is 2.16. The largest absolute Gasteiger partial charge is 0.397 e. The maximum Gasteiger partial charge on any atom is 0.252 e. The van der Waals surface area contributed by atoms with Gasteiger partial charge in [-0.05, 0) is 19.4 Å². The van der Waals surface area contributed by atoms with Crippen LogP contribution in [0.1, 0.15) is 21.6 Å². The van der Waals surface area contributed by atoms with Crippen LogP contribution in [0.25, 0.3) is 0 Å². The fraction of sp³-hybridized carbons (Fsp3) is 0.250. The maximum absolute atomic E-state index is 10.9. The first-order chi connectivity index (χ1) is 5.95. The second-order valence-electron chi connectivity index (χ2n) is 2.77. The summed E-state index contributed by atoms with van der Waals surface area (Å²) < 4.78 is 0. The van der Waals surface area contributed by atoms with Crippen molar-refractivity contribution >= 4 is 23.2 Å². The summed E-state index contributed by atoms with van der Waals surface area (Å²) in [6.45, 7) is 3.41. The zero-order valence-corrected chi connectivity index (χ0v) is 8.14. The highest BCUT2D eigenvalue weighted by atomic mass is 35.5. The summed E-state index contributed by atoms with van der Waals surface area (Å²) in [6.07, 6.45) is 0. The van der Waals surface area contributed by atoms with Gasteiger partial charge in [0.25, 0.3) is 5.91 Å². The van der Waals surface area contributed by atoms with Crippen LogP contribution in [0, 0.1) is 13.8 Å². The molecular formula is C8H10ClN3O. The molecule has 0 atom stereocenters. The van der Waals surface area contributed by atoms with E-state index in [1.54, 1.807) is 13.8 Å². The van der Waals surface area contributed by atoms with Crippen LogP contribution in [0.2, 0.25) is 5.15 Å². The minimum absolute atomic E-state index is 0.108. The molecule has 1 rings (SSSR count). The number of halogens is 1. The molecule has 1 aromatic heterocycles. The van der Waals surface area contributed by atoms with Crippen LogP contribution in [0.4, 0.5) is 5.69 Å². The van der Waals surface area contributed by atoms with Crippen molar-refractivity contribution in [3.05, 3.63) is 22.0 Å². The number of aromatic nitrogens is 1. The van der Waals surface area contributed by atoms with Crippen LogP contribution >= 0.6 is 11.6 Å². The molecule has 4 nitrogen and oxygen atoms in total. The van der Waals surface area contributed by atoms with E-state index in [0.717, 1.165) is 0 Å². The van der Waals surface area contributed by atoms with Crippen LogP contribution in [0.3, 0.4) is 0 Å². The van der Waals surface area contributed by atoms with E-state index in [-0.39, 0.29) is 10.7 Å². The number of primary amides is 1. The number of rotatable bonds is 1. The monoisotopic (exact) mass is 199 g/mol. The molecule has 0 saturated heterocycles. The molecular weight excluding hydrogens is 190 g/mol. The van der Waals surface area contributed by atoms with Crippen molar-refractivity contribution in [2.24, 2.45) is 5.73 Å². The number of anilines is 1. The molecule has 70 valence electrons. The molecule has 0 aliphatic heterocycles. The van der Waals surface area contributed by atoms with Gasteiger partial charge < -0.3 is 11.5 Å². The number of nitrogen functional groups attached to an aromatic ring is 1. The van der Waals surface area contributed by atoms with Crippen LogP contribution in [-0.4, -0.2) is 10.9 Å². The zero-order chi connectivity index (χ0) is 10.2. The summed E-state index contributed by atoms with van der Waals surface area (Å²) in [5.74, 6) is -0.610. The molecule has 0 aromatic carbocycles. The van der Waals surface area contributed by atoms with Gasteiger partial charge in [0.2, 0.25) is 0 Å². The van der Waals surface area contributed by atoms with E-state index in [4.69, 9.17) is 23.1 Å². The predicted octanol–water partition coefficient (Wildman–Crippen LogP) is 1.03. The van der Waals surface area contributed by atoms with Crippen molar-refractivity contribution in [2.45, 2.75) is 13.8 Å². The molecule has 13 heavy (non-hydrogen) atoms. The van der Waals surface area contributed by atoms with Gasteiger partial charge >= 0.3 is 0 Å². The second kappa shape index (κ2) is 3.22. The summed E-state index contributed by atoms with van der Waals surface area (Å²) in [7, 11) is 0. The van der Waals surface area contributed by atoms with Crippen LogP contribution in [0.5, 0.6) is 0 Å². The topological polar surface area (TPSA) is 82.0 Å². The van der Waals surface area contributed by atoms with E-state index in [1.807, 2.05) is 0 Å². The predicted molar refractivity (Wildman–Crippen MR) is 51.7 cm³/mol. The second-order valence-corrected chi connectivity index (χ2v) is 3.12. The zero-order valence-electron chi connectivity index (χ0n) is 7.39. The Morgan fingerprint density at radius 3 is 2.46 bits per heavy atom. The van der Waals surface area contributed by atoms with Crippen molar-refractivity contribution in [3.8, 4) is 0 Å². The molecule has 1 heterocycles. The smallest absolute Gasteiger partial charge is 0.252 e. The Hall–Kier alpha value is -1.29. The molecule has 0 unspecified atom stereocenters. The number of aryl methyl sites for hydroxylation is 1. The number of nitrogens with two attached hydrogens (primary N) is 2. The van der Waals surface area contributed by atoms with Crippen molar-refractivity contribution < 1.29 is 4.79 Å².